The molecule has 1 unspecified atom stereocenters. The summed E-state index contributed by atoms with van der Waals surface area (Å²) in [6, 6.07) is 0. The van der Waals surface area contributed by atoms with Gasteiger partial charge in [-0.15, -0.1) is 0 Å². The van der Waals surface area contributed by atoms with E-state index >= 15 is 0 Å². The predicted octanol–water partition coefficient (Wildman–Crippen LogP) is 17.8. The highest BCUT2D eigenvalue weighted by atomic mass is 16.6. The van der Waals surface area contributed by atoms with Crippen LogP contribution in [0.1, 0.15) is 258 Å². The normalized spacial score (nSPS) is 12.6. The van der Waals surface area contributed by atoms with Crippen LogP contribution in [0.2, 0.25) is 0 Å². The molecule has 0 bridgehead atoms. The molecule has 0 rings (SSSR count). The second-order valence-corrected chi connectivity index (χ2v) is 17.8. The highest BCUT2D eigenvalue weighted by molar-refractivity contribution is 5.71. The molecule has 6 nitrogen and oxygen atoms in total. The molecule has 0 aromatic heterocycles. The molecular formula is C58H100O6. The van der Waals surface area contributed by atoms with E-state index in [0.717, 1.165) is 103 Å². The third-order valence-electron chi connectivity index (χ3n) is 11.4. The van der Waals surface area contributed by atoms with E-state index in [9.17, 15) is 14.4 Å². The SMILES string of the molecule is CC/C=C\C/C=C\C/C=C\C/C=C\CCCCC(=O)OC(COC(=O)CCCCCCC/C=C\C/C=C\CCCCC)COC(=O)CCCCCCCCCCCCCCCCCC. The fraction of sp³-hybridized carbons (Fsp3) is 0.741. The second kappa shape index (κ2) is 52.5. The summed E-state index contributed by atoms with van der Waals surface area (Å²) in [6.45, 7) is 6.46. The van der Waals surface area contributed by atoms with Gasteiger partial charge in [0.25, 0.3) is 0 Å². The monoisotopic (exact) mass is 893 g/mol. The van der Waals surface area contributed by atoms with Crippen LogP contribution in [0.5, 0.6) is 0 Å². The Bertz CT molecular complexity index is 1210. The standard InChI is InChI=1S/C58H100O6/c1-4-7-10-13-16-19-22-25-28-31-33-36-39-42-45-48-51-57(60)63-54-55(64-58(61)52-49-46-43-40-37-34-30-27-24-21-18-15-12-9-6-3)53-62-56(59)50-47-44-41-38-35-32-29-26-23-20-17-14-11-8-5-2/h9,12,17-18,20-21,26-27,29-30,37,40,55H,4-8,10-11,13-16,19,22-25,28,31-36,38-39,41-54H2,1-3H3/b12-9-,20-17-,21-18-,29-26-,30-27-,40-37-. The minimum Gasteiger partial charge on any atom is -0.462 e. The fourth-order valence-electron chi connectivity index (χ4n) is 7.40. The first-order chi connectivity index (χ1) is 31.5. The third kappa shape index (κ3) is 49.9. The van der Waals surface area contributed by atoms with Gasteiger partial charge in [0.1, 0.15) is 13.2 Å². The summed E-state index contributed by atoms with van der Waals surface area (Å²) < 4.78 is 16.8. The van der Waals surface area contributed by atoms with Crippen LogP contribution in [0.4, 0.5) is 0 Å². The first-order valence-electron chi connectivity index (χ1n) is 26.9. The van der Waals surface area contributed by atoms with Gasteiger partial charge in [0.15, 0.2) is 6.10 Å². The number of rotatable bonds is 48. The van der Waals surface area contributed by atoms with Gasteiger partial charge in [0, 0.05) is 19.3 Å². The first kappa shape index (κ1) is 60.9. The lowest BCUT2D eigenvalue weighted by Gasteiger charge is -2.18. The number of carbonyl (C=O) groups excluding carboxylic acids is 3. The number of carbonyl (C=O) groups is 3. The molecule has 6 heteroatoms. The molecule has 0 saturated carbocycles. The molecule has 0 fully saturated rings. The van der Waals surface area contributed by atoms with E-state index < -0.39 is 6.10 Å². The molecule has 0 aliphatic rings. The van der Waals surface area contributed by atoms with Crippen molar-refractivity contribution in [3.05, 3.63) is 72.9 Å². The van der Waals surface area contributed by atoms with Gasteiger partial charge in [0.05, 0.1) is 0 Å². The average molecular weight is 893 g/mol. The molecular weight excluding hydrogens is 793 g/mol. The van der Waals surface area contributed by atoms with Crippen molar-refractivity contribution in [2.75, 3.05) is 13.2 Å². The summed E-state index contributed by atoms with van der Waals surface area (Å²) in [7, 11) is 0. The van der Waals surface area contributed by atoms with Crippen LogP contribution in [0, 0.1) is 0 Å². The summed E-state index contributed by atoms with van der Waals surface area (Å²) >= 11 is 0. The smallest absolute Gasteiger partial charge is 0.306 e. The van der Waals surface area contributed by atoms with Gasteiger partial charge in [-0.2, -0.15) is 0 Å². The van der Waals surface area contributed by atoms with Gasteiger partial charge in [-0.3, -0.25) is 14.4 Å². The minimum absolute atomic E-state index is 0.0949. The Hall–Kier alpha value is -3.15. The zero-order valence-electron chi connectivity index (χ0n) is 42.0. The van der Waals surface area contributed by atoms with Crippen LogP contribution in [-0.4, -0.2) is 37.2 Å². The molecule has 1 atom stereocenters. The fourth-order valence-corrected chi connectivity index (χ4v) is 7.40. The van der Waals surface area contributed by atoms with Gasteiger partial charge >= 0.3 is 17.9 Å². The van der Waals surface area contributed by atoms with Crippen LogP contribution < -0.4 is 0 Å². The van der Waals surface area contributed by atoms with Crippen molar-refractivity contribution in [2.45, 2.75) is 264 Å². The Morgan fingerprint density at radius 3 is 1.02 bits per heavy atom. The maximum atomic E-state index is 12.8. The van der Waals surface area contributed by atoms with E-state index in [0.29, 0.717) is 19.3 Å². The van der Waals surface area contributed by atoms with Crippen molar-refractivity contribution >= 4 is 17.9 Å². The Kier molecular flexibility index (Phi) is 49.9. The summed E-state index contributed by atoms with van der Waals surface area (Å²) in [6.07, 6.45) is 66.0. The van der Waals surface area contributed by atoms with Crippen LogP contribution in [0.25, 0.3) is 0 Å². The van der Waals surface area contributed by atoms with Crippen LogP contribution in [0.15, 0.2) is 72.9 Å². The maximum Gasteiger partial charge on any atom is 0.306 e. The average Bonchev–Trinajstić information content (AvgIpc) is 3.29. The van der Waals surface area contributed by atoms with Gasteiger partial charge < -0.3 is 14.2 Å². The third-order valence-corrected chi connectivity index (χ3v) is 11.4. The Morgan fingerprint density at radius 2 is 0.609 bits per heavy atom. The van der Waals surface area contributed by atoms with Crippen LogP contribution in [-0.2, 0) is 28.6 Å². The molecule has 64 heavy (non-hydrogen) atoms. The zero-order chi connectivity index (χ0) is 46.5. The van der Waals surface area contributed by atoms with Gasteiger partial charge in [0.2, 0.25) is 0 Å². The lowest BCUT2D eigenvalue weighted by molar-refractivity contribution is -0.167. The zero-order valence-corrected chi connectivity index (χ0v) is 42.0. The number of esters is 3. The Balaban J connectivity index is 4.45. The lowest BCUT2D eigenvalue weighted by Crippen LogP contribution is -2.30. The highest BCUT2D eigenvalue weighted by Crippen LogP contribution is 2.15. The van der Waals surface area contributed by atoms with E-state index in [2.05, 4.69) is 93.7 Å². The molecule has 0 N–H and O–H groups in total. The van der Waals surface area contributed by atoms with E-state index in [1.807, 2.05) is 0 Å². The molecule has 0 saturated heterocycles. The molecule has 0 aromatic rings. The molecule has 0 heterocycles. The van der Waals surface area contributed by atoms with Crippen molar-refractivity contribution in [1.29, 1.82) is 0 Å². The topological polar surface area (TPSA) is 78.9 Å². The van der Waals surface area contributed by atoms with E-state index in [1.165, 1.54) is 109 Å². The number of ether oxygens (including phenoxy) is 3. The molecule has 0 aliphatic carbocycles. The molecule has 0 aliphatic heterocycles. The number of hydrogen-bond donors (Lipinski definition) is 0. The van der Waals surface area contributed by atoms with Gasteiger partial charge in [-0.1, -0.05) is 222 Å². The maximum absolute atomic E-state index is 12.8. The molecule has 0 aromatic carbocycles. The van der Waals surface area contributed by atoms with Crippen molar-refractivity contribution in [3.63, 3.8) is 0 Å². The summed E-state index contributed by atoms with van der Waals surface area (Å²) in [4.78, 5) is 38.0. The lowest BCUT2D eigenvalue weighted by atomic mass is 10.0. The van der Waals surface area contributed by atoms with Crippen LogP contribution in [0.3, 0.4) is 0 Å². The summed E-state index contributed by atoms with van der Waals surface area (Å²) in [5, 5.41) is 0. The van der Waals surface area contributed by atoms with E-state index in [4.69, 9.17) is 14.2 Å². The Labute approximate surface area is 395 Å². The van der Waals surface area contributed by atoms with E-state index in [1.54, 1.807) is 0 Å². The highest BCUT2D eigenvalue weighted by Gasteiger charge is 2.19. The number of unbranched alkanes of at least 4 members (excludes halogenated alkanes) is 25. The van der Waals surface area contributed by atoms with Crippen molar-refractivity contribution in [1.82, 2.24) is 0 Å². The van der Waals surface area contributed by atoms with E-state index in [-0.39, 0.29) is 37.5 Å². The molecule has 0 radical (unpaired) electrons. The Morgan fingerprint density at radius 1 is 0.328 bits per heavy atom. The van der Waals surface area contributed by atoms with Crippen molar-refractivity contribution < 1.29 is 28.6 Å². The number of allylic oxidation sites excluding steroid dienone is 12. The number of hydrogen-bond acceptors (Lipinski definition) is 6. The van der Waals surface area contributed by atoms with Crippen molar-refractivity contribution in [2.24, 2.45) is 0 Å². The molecule has 0 amide bonds. The minimum atomic E-state index is -0.801. The van der Waals surface area contributed by atoms with Gasteiger partial charge in [-0.25, -0.2) is 0 Å². The quantitative estimate of drug-likeness (QED) is 0.0262. The van der Waals surface area contributed by atoms with Crippen LogP contribution >= 0.6 is 0 Å². The van der Waals surface area contributed by atoms with Crippen molar-refractivity contribution in [3.8, 4) is 0 Å². The molecule has 368 valence electrons. The van der Waals surface area contributed by atoms with Gasteiger partial charge in [-0.05, 0) is 89.9 Å². The first-order valence-corrected chi connectivity index (χ1v) is 26.9. The summed E-state index contributed by atoms with van der Waals surface area (Å²) in [5.41, 5.74) is 0. The molecule has 0 spiro atoms. The predicted molar refractivity (Wildman–Crippen MR) is 274 cm³/mol. The summed E-state index contributed by atoms with van der Waals surface area (Å²) in [5.74, 6) is -0.946. The second-order valence-electron chi connectivity index (χ2n) is 17.8. The largest absolute Gasteiger partial charge is 0.462 e.